The summed E-state index contributed by atoms with van der Waals surface area (Å²) in [6.07, 6.45) is 0.139. The average Bonchev–Trinajstić information content (AvgIpc) is 2.90. The first-order chi connectivity index (χ1) is 10.1. The SMILES string of the molecule is O=C(CN1C(=O)Cc2ccccc2C1=O)c1ccc(Cl)s1. The van der Waals surface area contributed by atoms with Crippen molar-refractivity contribution in [1.29, 1.82) is 0 Å². The van der Waals surface area contributed by atoms with Gasteiger partial charge in [-0.1, -0.05) is 29.8 Å². The lowest BCUT2D eigenvalue weighted by molar-refractivity contribution is -0.128. The van der Waals surface area contributed by atoms with Crippen molar-refractivity contribution >= 4 is 40.5 Å². The third kappa shape index (κ3) is 2.62. The first kappa shape index (κ1) is 14.0. The second-order valence-corrected chi connectivity index (χ2v) is 6.36. The first-order valence-corrected chi connectivity index (χ1v) is 7.47. The topological polar surface area (TPSA) is 54.5 Å². The summed E-state index contributed by atoms with van der Waals surface area (Å²) in [5.74, 6) is -1.06. The number of benzene rings is 1. The fourth-order valence-corrected chi connectivity index (χ4v) is 3.22. The molecule has 1 aromatic heterocycles. The second kappa shape index (κ2) is 5.42. The number of ketones is 1. The van der Waals surface area contributed by atoms with Crippen LogP contribution in [0.3, 0.4) is 0 Å². The van der Waals surface area contributed by atoms with Crippen LogP contribution < -0.4 is 0 Å². The smallest absolute Gasteiger partial charge is 0.261 e. The minimum Gasteiger partial charge on any atom is -0.291 e. The zero-order valence-corrected chi connectivity index (χ0v) is 12.4. The van der Waals surface area contributed by atoms with E-state index < -0.39 is 5.91 Å². The lowest BCUT2D eigenvalue weighted by atomic mass is 9.98. The van der Waals surface area contributed by atoms with Gasteiger partial charge in [0, 0.05) is 5.56 Å². The third-order valence-electron chi connectivity index (χ3n) is 3.29. The Labute approximate surface area is 129 Å². The van der Waals surface area contributed by atoms with E-state index >= 15 is 0 Å². The van der Waals surface area contributed by atoms with Gasteiger partial charge in [-0.05, 0) is 23.8 Å². The summed E-state index contributed by atoms with van der Waals surface area (Å²) < 4.78 is 0.500. The summed E-state index contributed by atoms with van der Waals surface area (Å²) in [6.45, 7) is -0.247. The molecule has 1 aromatic carbocycles. The standard InChI is InChI=1S/C15H10ClNO3S/c16-13-6-5-12(21-13)11(18)8-17-14(19)7-9-3-1-2-4-10(9)15(17)20/h1-6H,7-8H2. The molecule has 0 N–H and O–H groups in total. The molecule has 1 aliphatic rings. The molecule has 0 saturated heterocycles. The molecule has 21 heavy (non-hydrogen) atoms. The van der Waals surface area contributed by atoms with Crippen molar-refractivity contribution in [3.05, 3.63) is 56.7 Å². The van der Waals surface area contributed by atoms with Crippen LogP contribution in [0.1, 0.15) is 25.6 Å². The molecule has 2 heterocycles. The van der Waals surface area contributed by atoms with Crippen LogP contribution in [0.5, 0.6) is 0 Å². The number of carbonyl (C=O) groups is 3. The van der Waals surface area contributed by atoms with Gasteiger partial charge in [-0.3, -0.25) is 19.3 Å². The summed E-state index contributed by atoms with van der Waals surface area (Å²) >= 11 is 6.93. The molecule has 2 amide bonds. The number of Topliss-reactive ketones (excluding diaryl/α,β-unsaturated/α-hetero) is 1. The molecule has 2 aromatic rings. The Hall–Kier alpha value is -1.98. The van der Waals surface area contributed by atoms with Gasteiger partial charge in [0.15, 0.2) is 5.78 Å². The number of halogens is 1. The zero-order valence-electron chi connectivity index (χ0n) is 10.8. The number of nitrogens with zero attached hydrogens (tertiary/aromatic N) is 1. The van der Waals surface area contributed by atoms with Gasteiger partial charge in [0.1, 0.15) is 0 Å². The fraction of sp³-hybridized carbons (Fsp3) is 0.133. The van der Waals surface area contributed by atoms with Crippen molar-refractivity contribution in [2.24, 2.45) is 0 Å². The number of rotatable bonds is 3. The highest BCUT2D eigenvalue weighted by Gasteiger charge is 2.32. The quantitative estimate of drug-likeness (QED) is 0.645. The highest BCUT2D eigenvalue weighted by atomic mass is 35.5. The maximum Gasteiger partial charge on any atom is 0.261 e. The lowest BCUT2D eigenvalue weighted by Crippen LogP contribution is -2.44. The number of thiophene rings is 1. The van der Waals surface area contributed by atoms with E-state index in [9.17, 15) is 14.4 Å². The molecule has 0 radical (unpaired) electrons. The molecule has 0 atom stereocenters. The van der Waals surface area contributed by atoms with Crippen molar-refractivity contribution in [1.82, 2.24) is 4.90 Å². The molecule has 1 aliphatic heterocycles. The summed E-state index contributed by atoms with van der Waals surface area (Å²) in [5.41, 5.74) is 1.18. The van der Waals surface area contributed by atoms with Crippen LogP contribution in [0.2, 0.25) is 4.34 Å². The first-order valence-electron chi connectivity index (χ1n) is 6.27. The van der Waals surface area contributed by atoms with E-state index in [1.807, 2.05) is 0 Å². The largest absolute Gasteiger partial charge is 0.291 e. The van der Waals surface area contributed by atoms with Gasteiger partial charge < -0.3 is 0 Å². The fourth-order valence-electron chi connectivity index (χ4n) is 2.25. The highest BCUT2D eigenvalue weighted by molar-refractivity contribution is 7.18. The molecular formula is C15H10ClNO3S. The van der Waals surface area contributed by atoms with Gasteiger partial charge in [0.05, 0.1) is 22.2 Å². The van der Waals surface area contributed by atoms with Gasteiger partial charge in [-0.2, -0.15) is 0 Å². The van der Waals surface area contributed by atoms with E-state index in [0.717, 1.165) is 16.2 Å². The van der Waals surface area contributed by atoms with Gasteiger partial charge in [0.25, 0.3) is 5.91 Å². The number of carbonyl (C=O) groups excluding carboxylic acids is 3. The molecule has 4 nitrogen and oxygen atoms in total. The van der Waals surface area contributed by atoms with Gasteiger partial charge in [0.2, 0.25) is 5.91 Å². The third-order valence-corrected chi connectivity index (χ3v) is 4.56. The lowest BCUT2D eigenvalue weighted by Gasteiger charge is -2.25. The van der Waals surface area contributed by atoms with E-state index in [2.05, 4.69) is 0 Å². The molecule has 3 rings (SSSR count). The number of hydrogen-bond donors (Lipinski definition) is 0. The van der Waals surface area contributed by atoms with Crippen LogP contribution >= 0.6 is 22.9 Å². The van der Waals surface area contributed by atoms with Crippen LogP contribution in [0, 0.1) is 0 Å². The summed E-state index contributed by atoms with van der Waals surface area (Å²) in [7, 11) is 0. The van der Waals surface area contributed by atoms with Gasteiger partial charge >= 0.3 is 0 Å². The Morgan fingerprint density at radius 2 is 1.95 bits per heavy atom. The number of hydrogen-bond acceptors (Lipinski definition) is 4. The highest BCUT2D eigenvalue weighted by Crippen LogP contribution is 2.24. The molecule has 0 unspecified atom stereocenters. The van der Waals surface area contributed by atoms with Gasteiger partial charge in [-0.25, -0.2) is 0 Å². The Morgan fingerprint density at radius 3 is 2.67 bits per heavy atom. The molecule has 6 heteroatoms. The molecule has 0 aliphatic carbocycles. The average molecular weight is 320 g/mol. The van der Waals surface area contributed by atoms with Crippen molar-refractivity contribution in [3.63, 3.8) is 0 Å². The van der Waals surface area contributed by atoms with Crippen LogP contribution in [0.15, 0.2) is 36.4 Å². The zero-order chi connectivity index (χ0) is 15.0. The van der Waals surface area contributed by atoms with Crippen molar-refractivity contribution in [2.45, 2.75) is 6.42 Å². The van der Waals surface area contributed by atoms with E-state index in [1.54, 1.807) is 36.4 Å². The van der Waals surface area contributed by atoms with Crippen LogP contribution in [0.25, 0.3) is 0 Å². The predicted octanol–water partition coefficient (Wildman–Crippen LogP) is 2.81. The molecule has 0 fully saturated rings. The molecule has 106 valence electrons. The van der Waals surface area contributed by atoms with Crippen molar-refractivity contribution < 1.29 is 14.4 Å². The summed E-state index contributed by atoms with van der Waals surface area (Å²) in [6, 6.07) is 10.2. The minimum atomic E-state index is -0.419. The Kier molecular flexibility index (Phi) is 3.61. The number of fused-ring (bicyclic) bond motifs is 1. The summed E-state index contributed by atoms with van der Waals surface area (Å²) in [4.78, 5) is 38.0. The predicted molar refractivity (Wildman–Crippen MR) is 79.8 cm³/mol. The normalized spacial score (nSPS) is 14.2. The van der Waals surface area contributed by atoms with Crippen molar-refractivity contribution in [3.8, 4) is 0 Å². The van der Waals surface area contributed by atoms with Crippen molar-refractivity contribution in [2.75, 3.05) is 6.54 Å². The Bertz CT molecular complexity index is 753. The maximum atomic E-state index is 12.3. The monoisotopic (exact) mass is 319 g/mol. The maximum absolute atomic E-state index is 12.3. The van der Waals surface area contributed by atoms with Crippen LogP contribution in [-0.4, -0.2) is 29.0 Å². The van der Waals surface area contributed by atoms with E-state index in [4.69, 9.17) is 11.6 Å². The molecule has 0 saturated carbocycles. The van der Waals surface area contributed by atoms with E-state index in [-0.39, 0.29) is 24.7 Å². The Morgan fingerprint density at radius 1 is 1.19 bits per heavy atom. The van der Waals surface area contributed by atoms with Crippen LogP contribution in [-0.2, 0) is 11.2 Å². The second-order valence-electron chi connectivity index (χ2n) is 4.65. The molecular weight excluding hydrogens is 310 g/mol. The van der Waals surface area contributed by atoms with Crippen LogP contribution in [0.4, 0.5) is 0 Å². The number of imide groups is 1. The van der Waals surface area contributed by atoms with E-state index in [0.29, 0.717) is 20.3 Å². The molecule has 0 spiro atoms. The Balaban J connectivity index is 1.85. The molecule has 0 bridgehead atoms. The summed E-state index contributed by atoms with van der Waals surface area (Å²) in [5, 5.41) is 0. The minimum absolute atomic E-state index is 0.139. The van der Waals surface area contributed by atoms with Gasteiger partial charge in [-0.15, -0.1) is 11.3 Å². The van der Waals surface area contributed by atoms with E-state index in [1.165, 1.54) is 0 Å². The number of amides is 2.